The van der Waals surface area contributed by atoms with E-state index in [1.54, 1.807) is 4.90 Å². The summed E-state index contributed by atoms with van der Waals surface area (Å²) in [5, 5.41) is 9.05. The molecule has 0 radical (unpaired) electrons. The van der Waals surface area contributed by atoms with E-state index in [1.165, 1.54) is 4.90 Å². The van der Waals surface area contributed by atoms with Gasteiger partial charge in [0.05, 0.1) is 0 Å². The summed E-state index contributed by atoms with van der Waals surface area (Å²) in [4.78, 5) is 38.5. The van der Waals surface area contributed by atoms with Gasteiger partial charge in [0.15, 0.2) is 0 Å². The van der Waals surface area contributed by atoms with E-state index in [2.05, 4.69) is 0 Å². The molecule has 130 valence electrons. The first-order valence-electron chi connectivity index (χ1n) is 8.37. The number of benzene rings is 1. The lowest BCUT2D eigenvalue weighted by molar-refractivity contribution is -0.145. The highest BCUT2D eigenvalue weighted by molar-refractivity contribution is 5.82. The van der Waals surface area contributed by atoms with Gasteiger partial charge in [-0.2, -0.15) is 0 Å². The van der Waals surface area contributed by atoms with Crippen molar-refractivity contribution in [1.29, 1.82) is 0 Å². The molecule has 1 aromatic rings. The van der Waals surface area contributed by atoms with Gasteiger partial charge in [-0.05, 0) is 18.4 Å². The molecule has 1 saturated heterocycles. The van der Waals surface area contributed by atoms with Gasteiger partial charge in [0.25, 0.3) is 0 Å². The maximum atomic E-state index is 12.4. The standard InChI is InChI=1S/C18H24N2O4/c21-16-9-5-2-6-11-19(16)12-10-17(22)20(14-18(23)24)13-15-7-3-1-4-8-15/h1,3-4,7-8H,2,5-6,9-14H2,(H,23,24). The summed E-state index contributed by atoms with van der Waals surface area (Å²) >= 11 is 0. The molecule has 0 bridgehead atoms. The van der Waals surface area contributed by atoms with Crippen LogP contribution < -0.4 is 0 Å². The fourth-order valence-corrected chi connectivity index (χ4v) is 2.86. The smallest absolute Gasteiger partial charge is 0.323 e. The van der Waals surface area contributed by atoms with E-state index in [-0.39, 0.29) is 31.3 Å². The van der Waals surface area contributed by atoms with Crippen molar-refractivity contribution in [3.63, 3.8) is 0 Å². The van der Waals surface area contributed by atoms with Crippen LogP contribution in [0.4, 0.5) is 0 Å². The molecule has 2 rings (SSSR count). The molecule has 0 spiro atoms. The summed E-state index contributed by atoms with van der Waals surface area (Å²) in [7, 11) is 0. The number of hydrogen-bond acceptors (Lipinski definition) is 3. The number of carboxylic acid groups (broad SMARTS) is 1. The van der Waals surface area contributed by atoms with Crippen molar-refractivity contribution in [2.75, 3.05) is 19.6 Å². The van der Waals surface area contributed by atoms with Gasteiger partial charge in [-0.1, -0.05) is 36.8 Å². The second kappa shape index (κ2) is 9.05. The first-order valence-corrected chi connectivity index (χ1v) is 8.37. The number of aliphatic carboxylic acids is 1. The normalized spacial score (nSPS) is 15.0. The first kappa shape index (κ1) is 18.0. The Morgan fingerprint density at radius 3 is 2.58 bits per heavy atom. The van der Waals surface area contributed by atoms with Crippen molar-refractivity contribution >= 4 is 17.8 Å². The maximum absolute atomic E-state index is 12.4. The van der Waals surface area contributed by atoms with E-state index < -0.39 is 5.97 Å². The molecule has 0 aromatic heterocycles. The van der Waals surface area contributed by atoms with Gasteiger partial charge in [0.2, 0.25) is 11.8 Å². The minimum Gasteiger partial charge on any atom is -0.480 e. The van der Waals surface area contributed by atoms with Crippen LogP contribution in [0.2, 0.25) is 0 Å². The summed E-state index contributed by atoms with van der Waals surface area (Å²) in [6.45, 7) is 0.980. The summed E-state index contributed by atoms with van der Waals surface area (Å²) in [6.07, 6.45) is 3.60. The highest BCUT2D eigenvalue weighted by Crippen LogP contribution is 2.12. The van der Waals surface area contributed by atoms with E-state index in [0.717, 1.165) is 24.8 Å². The minimum absolute atomic E-state index is 0.0909. The molecule has 1 N–H and O–H groups in total. The number of amides is 2. The number of carboxylic acids is 1. The van der Waals surface area contributed by atoms with E-state index in [4.69, 9.17) is 5.11 Å². The molecule has 1 aliphatic heterocycles. The Hall–Kier alpha value is -2.37. The molecule has 1 aromatic carbocycles. The lowest BCUT2D eigenvalue weighted by Gasteiger charge is -2.24. The molecule has 1 heterocycles. The third-order valence-electron chi connectivity index (χ3n) is 4.16. The molecule has 0 atom stereocenters. The van der Waals surface area contributed by atoms with E-state index in [0.29, 0.717) is 19.5 Å². The molecule has 2 amide bonds. The zero-order valence-electron chi connectivity index (χ0n) is 13.8. The number of nitrogens with zero attached hydrogens (tertiary/aromatic N) is 2. The van der Waals surface area contributed by atoms with Crippen LogP contribution in [-0.4, -0.2) is 52.3 Å². The van der Waals surface area contributed by atoms with E-state index in [9.17, 15) is 14.4 Å². The number of carbonyl (C=O) groups is 3. The summed E-state index contributed by atoms with van der Waals surface area (Å²) in [5.41, 5.74) is 0.887. The van der Waals surface area contributed by atoms with Crippen LogP contribution in [0.5, 0.6) is 0 Å². The Balaban J connectivity index is 1.94. The Morgan fingerprint density at radius 2 is 1.88 bits per heavy atom. The van der Waals surface area contributed by atoms with Crippen LogP contribution in [0.3, 0.4) is 0 Å². The Morgan fingerprint density at radius 1 is 1.12 bits per heavy atom. The number of hydrogen-bond donors (Lipinski definition) is 1. The monoisotopic (exact) mass is 332 g/mol. The molecular formula is C18H24N2O4. The average molecular weight is 332 g/mol. The Labute approximate surface area is 142 Å². The fourth-order valence-electron chi connectivity index (χ4n) is 2.86. The van der Waals surface area contributed by atoms with Gasteiger partial charge < -0.3 is 14.9 Å². The molecule has 1 aliphatic rings. The first-order chi connectivity index (χ1) is 11.6. The van der Waals surface area contributed by atoms with Crippen molar-refractivity contribution < 1.29 is 19.5 Å². The molecule has 1 fully saturated rings. The molecule has 0 unspecified atom stereocenters. The molecule has 0 aliphatic carbocycles. The highest BCUT2D eigenvalue weighted by Gasteiger charge is 2.21. The zero-order chi connectivity index (χ0) is 17.4. The second-order valence-corrected chi connectivity index (χ2v) is 6.07. The second-order valence-electron chi connectivity index (χ2n) is 6.07. The Bertz CT molecular complexity index is 574. The van der Waals surface area contributed by atoms with Gasteiger partial charge in [0, 0.05) is 32.5 Å². The van der Waals surface area contributed by atoms with Gasteiger partial charge >= 0.3 is 5.97 Å². The zero-order valence-corrected chi connectivity index (χ0v) is 13.8. The number of carbonyl (C=O) groups excluding carboxylic acids is 2. The largest absolute Gasteiger partial charge is 0.480 e. The molecule has 6 nitrogen and oxygen atoms in total. The molecule has 24 heavy (non-hydrogen) atoms. The van der Waals surface area contributed by atoms with Crippen LogP contribution >= 0.6 is 0 Å². The minimum atomic E-state index is -1.04. The summed E-state index contributed by atoms with van der Waals surface area (Å²) in [5.74, 6) is -1.18. The van der Waals surface area contributed by atoms with Crippen LogP contribution in [0.25, 0.3) is 0 Å². The molecule has 6 heteroatoms. The molecular weight excluding hydrogens is 308 g/mol. The van der Waals surface area contributed by atoms with Crippen molar-refractivity contribution in [3.8, 4) is 0 Å². The van der Waals surface area contributed by atoms with Crippen LogP contribution in [0.15, 0.2) is 30.3 Å². The van der Waals surface area contributed by atoms with Crippen LogP contribution in [-0.2, 0) is 20.9 Å². The fraction of sp³-hybridized carbons (Fsp3) is 0.500. The predicted molar refractivity (Wildman–Crippen MR) is 89.2 cm³/mol. The summed E-state index contributed by atoms with van der Waals surface area (Å²) in [6, 6.07) is 9.31. The average Bonchev–Trinajstić information content (AvgIpc) is 2.77. The predicted octanol–water partition coefficient (Wildman–Crippen LogP) is 1.89. The van der Waals surface area contributed by atoms with E-state index in [1.807, 2.05) is 30.3 Å². The van der Waals surface area contributed by atoms with Crippen LogP contribution in [0, 0.1) is 0 Å². The lowest BCUT2D eigenvalue weighted by Crippen LogP contribution is -2.38. The van der Waals surface area contributed by atoms with Gasteiger partial charge in [-0.15, -0.1) is 0 Å². The highest BCUT2D eigenvalue weighted by atomic mass is 16.4. The quantitative estimate of drug-likeness (QED) is 0.827. The van der Waals surface area contributed by atoms with Crippen LogP contribution in [0.1, 0.15) is 37.7 Å². The van der Waals surface area contributed by atoms with E-state index >= 15 is 0 Å². The van der Waals surface area contributed by atoms with Gasteiger partial charge in [0.1, 0.15) is 6.54 Å². The maximum Gasteiger partial charge on any atom is 0.323 e. The van der Waals surface area contributed by atoms with Crippen molar-refractivity contribution in [1.82, 2.24) is 9.80 Å². The van der Waals surface area contributed by atoms with Gasteiger partial charge in [-0.3, -0.25) is 14.4 Å². The van der Waals surface area contributed by atoms with Crippen molar-refractivity contribution in [2.24, 2.45) is 0 Å². The third-order valence-corrected chi connectivity index (χ3v) is 4.16. The number of rotatable bonds is 7. The topological polar surface area (TPSA) is 77.9 Å². The molecule has 0 saturated carbocycles. The van der Waals surface area contributed by atoms with Crippen molar-refractivity contribution in [3.05, 3.63) is 35.9 Å². The SMILES string of the molecule is O=C(O)CN(Cc1ccccc1)C(=O)CCN1CCCCCC1=O. The van der Waals surface area contributed by atoms with Crippen molar-refractivity contribution in [2.45, 2.75) is 38.6 Å². The number of likely N-dealkylation sites (tertiary alicyclic amines) is 1. The Kier molecular flexibility index (Phi) is 6.78. The summed E-state index contributed by atoms with van der Waals surface area (Å²) < 4.78 is 0. The lowest BCUT2D eigenvalue weighted by atomic mass is 10.2. The van der Waals surface area contributed by atoms with Gasteiger partial charge in [-0.25, -0.2) is 0 Å². The third kappa shape index (κ3) is 5.68.